The van der Waals surface area contributed by atoms with E-state index in [1.54, 1.807) is 18.2 Å². The van der Waals surface area contributed by atoms with Crippen LogP contribution in [0.1, 0.15) is 21.5 Å². The van der Waals surface area contributed by atoms with E-state index in [4.69, 9.17) is 9.47 Å². The molecule has 1 heterocycles. The highest BCUT2D eigenvalue weighted by Gasteiger charge is 2.30. The number of rotatable bonds is 5. The van der Waals surface area contributed by atoms with Gasteiger partial charge in [0.25, 0.3) is 11.8 Å². The summed E-state index contributed by atoms with van der Waals surface area (Å²) in [5.74, 6) is -0.321. The smallest absolute Gasteiger partial charge is 0.416 e. The molecule has 0 saturated heterocycles. The van der Waals surface area contributed by atoms with Crippen molar-refractivity contribution in [2.75, 3.05) is 17.4 Å². The van der Waals surface area contributed by atoms with Crippen molar-refractivity contribution < 1.29 is 32.2 Å². The average molecular weight is 479 g/mol. The van der Waals surface area contributed by atoms with Crippen LogP contribution in [0.4, 0.5) is 24.5 Å². The Morgan fingerprint density at radius 2 is 1.63 bits per heavy atom. The van der Waals surface area contributed by atoms with Crippen molar-refractivity contribution in [3.05, 3.63) is 89.0 Å². The van der Waals surface area contributed by atoms with Crippen LogP contribution in [0, 0.1) is 11.3 Å². The van der Waals surface area contributed by atoms with Crippen LogP contribution < -0.4 is 20.1 Å². The van der Waals surface area contributed by atoms with Gasteiger partial charge in [-0.05, 0) is 60.2 Å². The van der Waals surface area contributed by atoms with Gasteiger partial charge in [0.2, 0.25) is 6.79 Å². The van der Waals surface area contributed by atoms with E-state index in [9.17, 15) is 28.0 Å². The van der Waals surface area contributed by atoms with Gasteiger partial charge in [-0.2, -0.15) is 18.4 Å². The third kappa shape index (κ3) is 5.59. The second-order valence-electron chi connectivity index (χ2n) is 7.35. The van der Waals surface area contributed by atoms with E-state index in [1.165, 1.54) is 42.5 Å². The van der Waals surface area contributed by atoms with Crippen LogP contribution in [0.3, 0.4) is 0 Å². The van der Waals surface area contributed by atoms with Crippen molar-refractivity contribution in [2.24, 2.45) is 0 Å². The van der Waals surface area contributed by atoms with E-state index in [0.29, 0.717) is 17.1 Å². The molecular weight excluding hydrogens is 463 g/mol. The Hall–Kier alpha value is -4.78. The summed E-state index contributed by atoms with van der Waals surface area (Å²) in [5, 5.41) is 14.4. The molecule has 1 aliphatic heterocycles. The lowest BCUT2D eigenvalue weighted by molar-refractivity contribution is -0.137. The molecule has 10 heteroatoms. The molecule has 0 unspecified atom stereocenters. The number of ether oxygens (including phenoxy) is 2. The summed E-state index contributed by atoms with van der Waals surface area (Å²) in [5.41, 5.74) is -0.248. The van der Waals surface area contributed by atoms with Gasteiger partial charge in [0, 0.05) is 16.9 Å². The molecule has 4 rings (SSSR count). The first-order valence-electron chi connectivity index (χ1n) is 10.1. The molecule has 0 spiro atoms. The third-order valence-corrected chi connectivity index (χ3v) is 4.90. The zero-order valence-corrected chi connectivity index (χ0v) is 17.8. The van der Waals surface area contributed by atoms with Gasteiger partial charge in [-0.15, -0.1) is 0 Å². The van der Waals surface area contributed by atoms with Gasteiger partial charge in [-0.1, -0.05) is 18.2 Å². The number of nitrogens with zero attached hydrogens (tertiary/aromatic N) is 1. The molecule has 0 bridgehead atoms. The Balaban J connectivity index is 1.47. The molecule has 176 valence electrons. The molecule has 0 fully saturated rings. The second kappa shape index (κ2) is 9.61. The lowest BCUT2D eigenvalue weighted by Crippen LogP contribution is -2.16. The topological polar surface area (TPSA) is 100 Å². The second-order valence-corrected chi connectivity index (χ2v) is 7.35. The number of nitriles is 1. The molecule has 0 radical (unpaired) electrons. The minimum atomic E-state index is -4.54. The van der Waals surface area contributed by atoms with Crippen molar-refractivity contribution in [3.8, 4) is 17.6 Å². The van der Waals surface area contributed by atoms with Gasteiger partial charge >= 0.3 is 6.18 Å². The molecule has 35 heavy (non-hydrogen) atoms. The molecule has 3 aromatic carbocycles. The normalized spacial score (nSPS) is 12.6. The summed E-state index contributed by atoms with van der Waals surface area (Å²) in [6.07, 6.45) is -3.17. The first kappa shape index (κ1) is 23.4. The summed E-state index contributed by atoms with van der Waals surface area (Å²) < 4.78 is 49.2. The number of hydrogen-bond acceptors (Lipinski definition) is 5. The van der Waals surface area contributed by atoms with Crippen molar-refractivity contribution in [1.82, 2.24) is 0 Å². The minimum Gasteiger partial charge on any atom is -0.454 e. The van der Waals surface area contributed by atoms with E-state index in [0.717, 1.165) is 12.1 Å². The number of carbonyl (C=O) groups is 2. The van der Waals surface area contributed by atoms with Crippen LogP contribution in [-0.2, 0) is 11.0 Å². The molecule has 7 nitrogen and oxygen atoms in total. The largest absolute Gasteiger partial charge is 0.454 e. The summed E-state index contributed by atoms with van der Waals surface area (Å²) in [4.78, 5) is 25.2. The molecule has 0 aromatic heterocycles. The first-order chi connectivity index (χ1) is 16.7. The summed E-state index contributed by atoms with van der Waals surface area (Å²) >= 11 is 0. The molecule has 2 N–H and O–H groups in total. The summed E-state index contributed by atoms with van der Waals surface area (Å²) in [7, 11) is 0. The fourth-order valence-corrected chi connectivity index (χ4v) is 3.23. The SMILES string of the molecule is N#C/C(=C/c1ccc2c(c1)OCO2)C(=O)Nc1cccc(C(=O)Nc2cccc(C(F)(F)F)c2)c1. The van der Waals surface area contributed by atoms with E-state index in [2.05, 4.69) is 10.6 Å². The van der Waals surface area contributed by atoms with Crippen molar-refractivity contribution in [2.45, 2.75) is 6.18 Å². The predicted molar refractivity (Wildman–Crippen MR) is 121 cm³/mol. The molecule has 1 aliphatic rings. The van der Waals surface area contributed by atoms with Gasteiger partial charge in [0.1, 0.15) is 11.6 Å². The fraction of sp³-hybridized carbons (Fsp3) is 0.0800. The number of amides is 2. The van der Waals surface area contributed by atoms with Gasteiger partial charge in [0.05, 0.1) is 5.56 Å². The van der Waals surface area contributed by atoms with Gasteiger partial charge in [0.15, 0.2) is 11.5 Å². The standard InChI is InChI=1S/C25H16F3N3O4/c26-25(27,28)18-4-2-6-20(12-18)31-23(32)16-3-1-5-19(11-16)30-24(33)17(13-29)9-15-7-8-21-22(10-15)35-14-34-21/h1-12H,14H2,(H,30,33)(H,31,32)/b17-9-. The van der Waals surface area contributed by atoms with E-state index in [-0.39, 0.29) is 29.3 Å². The lowest BCUT2D eigenvalue weighted by atomic mass is 10.1. The maximum absolute atomic E-state index is 12.9. The van der Waals surface area contributed by atoms with Crippen LogP contribution in [0.15, 0.2) is 72.3 Å². The van der Waals surface area contributed by atoms with Crippen LogP contribution in [0.25, 0.3) is 6.08 Å². The highest BCUT2D eigenvalue weighted by Crippen LogP contribution is 2.33. The number of anilines is 2. The number of carbonyl (C=O) groups excluding carboxylic acids is 2. The van der Waals surface area contributed by atoms with Crippen LogP contribution in [0.2, 0.25) is 0 Å². The summed E-state index contributed by atoms with van der Waals surface area (Å²) in [6.45, 7) is 0.0891. The fourth-order valence-electron chi connectivity index (χ4n) is 3.23. The lowest BCUT2D eigenvalue weighted by Gasteiger charge is -2.11. The first-order valence-corrected chi connectivity index (χ1v) is 10.1. The number of fused-ring (bicyclic) bond motifs is 1. The number of nitrogens with one attached hydrogen (secondary N) is 2. The van der Waals surface area contributed by atoms with Crippen molar-refractivity contribution >= 4 is 29.3 Å². The highest BCUT2D eigenvalue weighted by molar-refractivity contribution is 6.10. The Labute approximate surface area is 197 Å². The monoisotopic (exact) mass is 479 g/mol. The molecule has 0 saturated carbocycles. The summed E-state index contributed by atoms with van der Waals surface area (Å²) in [6, 6.07) is 16.8. The minimum absolute atomic E-state index is 0.0299. The molecule has 0 aliphatic carbocycles. The van der Waals surface area contributed by atoms with Gasteiger partial charge in [-0.25, -0.2) is 0 Å². The van der Waals surface area contributed by atoms with Crippen LogP contribution >= 0.6 is 0 Å². The van der Waals surface area contributed by atoms with E-state index in [1.807, 2.05) is 6.07 Å². The van der Waals surface area contributed by atoms with E-state index >= 15 is 0 Å². The maximum atomic E-state index is 12.9. The number of alkyl halides is 3. The Kier molecular flexibility index (Phi) is 6.42. The van der Waals surface area contributed by atoms with Crippen LogP contribution in [0.5, 0.6) is 11.5 Å². The van der Waals surface area contributed by atoms with E-state index < -0.39 is 23.6 Å². The van der Waals surface area contributed by atoms with Gasteiger partial charge < -0.3 is 20.1 Å². The molecule has 3 aromatic rings. The Bertz CT molecular complexity index is 1380. The molecule has 0 atom stereocenters. The zero-order valence-electron chi connectivity index (χ0n) is 17.8. The number of hydrogen-bond donors (Lipinski definition) is 2. The number of benzene rings is 3. The van der Waals surface area contributed by atoms with Crippen LogP contribution in [-0.4, -0.2) is 18.6 Å². The predicted octanol–water partition coefficient (Wildman–Crippen LogP) is 5.23. The van der Waals surface area contributed by atoms with Gasteiger partial charge in [-0.3, -0.25) is 9.59 Å². The highest BCUT2D eigenvalue weighted by atomic mass is 19.4. The molecule has 2 amide bonds. The third-order valence-electron chi connectivity index (χ3n) is 4.90. The average Bonchev–Trinajstić information content (AvgIpc) is 3.30. The van der Waals surface area contributed by atoms with Crippen molar-refractivity contribution in [3.63, 3.8) is 0 Å². The van der Waals surface area contributed by atoms with Crippen molar-refractivity contribution in [1.29, 1.82) is 5.26 Å². The Morgan fingerprint density at radius 3 is 2.37 bits per heavy atom. The maximum Gasteiger partial charge on any atom is 0.416 e. The molecular formula is C25H16F3N3O4. The zero-order chi connectivity index (χ0) is 25.0. The Morgan fingerprint density at radius 1 is 0.914 bits per heavy atom. The number of halogens is 3. The quantitative estimate of drug-likeness (QED) is 0.386.